The molecule has 1 atom stereocenters. The number of nitrogens with one attached hydrogen (secondary N) is 2. The van der Waals surface area contributed by atoms with Crippen LogP contribution in [0.25, 0.3) is 0 Å². The lowest BCUT2D eigenvalue weighted by molar-refractivity contribution is 0.0526. The zero-order valence-electron chi connectivity index (χ0n) is 12.2. The molecule has 21 heavy (non-hydrogen) atoms. The first-order valence-electron chi connectivity index (χ1n) is 7.21. The summed E-state index contributed by atoms with van der Waals surface area (Å²) in [5, 5.41) is 3.23. The van der Waals surface area contributed by atoms with Crippen molar-refractivity contribution in [2.75, 3.05) is 25.1 Å². The molecule has 0 bridgehead atoms. The normalized spacial score (nSPS) is 21.0. The summed E-state index contributed by atoms with van der Waals surface area (Å²) in [5.41, 5.74) is 3.14. The Morgan fingerprint density at radius 3 is 3.14 bits per heavy atom. The Labute approximate surface area is 123 Å². The fourth-order valence-electron chi connectivity index (χ4n) is 2.62. The number of rotatable bonds is 3. The number of ether oxygens (including phenoxy) is 2. The minimum atomic E-state index is -0.337. The lowest BCUT2D eigenvalue weighted by Crippen LogP contribution is -2.27. The first-order chi connectivity index (χ1) is 10.2. The van der Waals surface area contributed by atoms with Crippen LogP contribution in [-0.2, 0) is 9.47 Å². The molecular weight excluding hydrogens is 270 g/mol. The number of hydrogen-bond acceptors (Lipinski definition) is 5. The lowest BCUT2D eigenvalue weighted by Gasteiger charge is -2.24. The molecule has 0 radical (unpaired) electrons. The molecule has 0 fully saturated rings. The predicted octanol–water partition coefficient (Wildman–Crippen LogP) is 2.10. The molecule has 0 amide bonds. The molecule has 112 valence electrons. The third-order valence-electron chi connectivity index (χ3n) is 3.50. The molecule has 6 heteroatoms. The minimum Gasteiger partial charge on any atom is -0.462 e. The molecule has 1 aromatic rings. The summed E-state index contributed by atoms with van der Waals surface area (Å²) in [4.78, 5) is 19.9. The molecule has 2 aliphatic rings. The van der Waals surface area contributed by atoms with Crippen LogP contribution in [0.2, 0.25) is 0 Å². The summed E-state index contributed by atoms with van der Waals surface area (Å²) in [7, 11) is 0. The maximum Gasteiger partial charge on any atom is 0.340 e. The molecule has 3 rings (SSSR count). The first-order valence-corrected chi connectivity index (χ1v) is 7.21. The van der Waals surface area contributed by atoms with E-state index in [4.69, 9.17) is 9.47 Å². The number of esters is 1. The van der Waals surface area contributed by atoms with Crippen LogP contribution in [0, 0.1) is 0 Å². The van der Waals surface area contributed by atoms with Crippen LogP contribution >= 0.6 is 0 Å². The average Bonchev–Trinajstić information content (AvgIpc) is 2.91. The van der Waals surface area contributed by atoms with Crippen molar-refractivity contribution >= 4 is 17.5 Å². The Bertz CT molecular complexity index is 616. The third kappa shape index (κ3) is 2.58. The smallest absolute Gasteiger partial charge is 0.340 e. The van der Waals surface area contributed by atoms with Crippen molar-refractivity contribution in [1.82, 2.24) is 4.98 Å². The molecule has 0 aromatic carbocycles. The molecule has 0 spiro atoms. The van der Waals surface area contributed by atoms with Crippen LogP contribution in [0.15, 0.2) is 22.8 Å². The van der Waals surface area contributed by atoms with Gasteiger partial charge in [-0.25, -0.2) is 4.79 Å². The summed E-state index contributed by atoms with van der Waals surface area (Å²) in [5.74, 6) is 0.471. The highest BCUT2D eigenvalue weighted by Crippen LogP contribution is 2.29. The van der Waals surface area contributed by atoms with E-state index in [1.165, 1.54) is 0 Å². The van der Waals surface area contributed by atoms with E-state index in [9.17, 15) is 4.79 Å². The van der Waals surface area contributed by atoms with E-state index in [0.717, 1.165) is 35.7 Å². The number of hydrogen-bond donors (Lipinski definition) is 2. The molecule has 1 aromatic heterocycles. The highest BCUT2D eigenvalue weighted by Gasteiger charge is 2.29. The number of fused-ring (bicyclic) bond motifs is 1. The van der Waals surface area contributed by atoms with Crippen LogP contribution in [0.1, 0.15) is 36.2 Å². The Kier molecular flexibility index (Phi) is 3.79. The van der Waals surface area contributed by atoms with Crippen molar-refractivity contribution in [3.8, 4) is 0 Å². The Morgan fingerprint density at radius 2 is 2.43 bits per heavy atom. The third-order valence-corrected chi connectivity index (χ3v) is 3.50. The van der Waals surface area contributed by atoms with Gasteiger partial charge in [0, 0.05) is 6.20 Å². The van der Waals surface area contributed by atoms with Gasteiger partial charge in [0.2, 0.25) is 0 Å². The van der Waals surface area contributed by atoms with Gasteiger partial charge in [0.15, 0.2) is 0 Å². The largest absolute Gasteiger partial charge is 0.462 e. The van der Waals surface area contributed by atoms with Crippen molar-refractivity contribution in [2.45, 2.75) is 26.4 Å². The number of aliphatic imine (C=N–C) groups is 1. The summed E-state index contributed by atoms with van der Waals surface area (Å²) in [6, 6.07) is 0. The van der Waals surface area contributed by atoms with E-state index >= 15 is 0 Å². The van der Waals surface area contributed by atoms with Gasteiger partial charge >= 0.3 is 5.97 Å². The van der Waals surface area contributed by atoms with Crippen LogP contribution in [0.3, 0.4) is 0 Å². The molecule has 3 heterocycles. The highest BCUT2D eigenvalue weighted by atomic mass is 16.5. The summed E-state index contributed by atoms with van der Waals surface area (Å²) in [6.07, 6.45) is 4.62. The lowest BCUT2D eigenvalue weighted by atomic mass is 9.97. The van der Waals surface area contributed by atoms with Crippen LogP contribution < -0.4 is 5.32 Å². The van der Waals surface area contributed by atoms with Crippen LogP contribution in [0.4, 0.5) is 5.82 Å². The standard InChI is InChI=1S/C15H19N3O3/c1-3-21-15(19)11-7-16-14-12(11)13(17-9(2)18-14)10-5-4-6-20-8-10/h5,7,9,16,18H,3-4,6,8H2,1-2H3. The predicted molar refractivity (Wildman–Crippen MR) is 79.9 cm³/mol. The van der Waals surface area contributed by atoms with Crippen LogP contribution in [-0.4, -0.2) is 42.7 Å². The summed E-state index contributed by atoms with van der Waals surface area (Å²) < 4.78 is 10.6. The number of carbonyl (C=O) groups excluding carboxylic acids is 1. The van der Waals surface area contributed by atoms with E-state index in [0.29, 0.717) is 18.8 Å². The number of anilines is 1. The fraction of sp³-hybridized carbons (Fsp3) is 0.467. The Balaban J connectivity index is 2.04. The minimum absolute atomic E-state index is 0.0518. The summed E-state index contributed by atoms with van der Waals surface area (Å²) >= 11 is 0. The number of aromatic nitrogens is 1. The van der Waals surface area contributed by atoms with Crippen molar-refractivity contribution in [3.63, 3.8) is 0 Å². The average molecular weight is 289 g/mol. The van der Waals surface area contributed by atoms with E-state index in [1.54, 1.807) is 13.1 Å². The zero-order chi connectivity index (χ0) is 14.8. The van der Waals surface area contributed by atoms with Gasteiger partial charge in [-0.05, 0) is 25.8 Å². The van der Waals surface area contributed by atoms with Gasteiger partial charge in [0.25, 0.3) is 0 Å². The fourth-order valence-corrected chi connectivity index (χ4v) is 2.62. The quantitative estimate of drug-likeness (QED) is 0.836. The second-order valence-electron chi connectivity index (χ2n) is 5.04. The zero-order valence-corrected chi connectivity index (χ0v) is 12.2. The van der Waals surface area contributed by atoms with Gasteiger partial charge < -0.3 is 19.8 Å². The van der Waals surface area contributed by atoms with Crippen molar-refractivity contribution in [3.05, 3.63) is 29.0 Å². The van der Waals surface area contributed by atoms with Crippen molar-refractivity contribution in [1.29, 1.82) is 0 Å². The molecule has 1 unspecified atom stereocenters. The Morgan fingerprint density at radius 1 is 1.57 bits per heavy atom. The van der Waals surface area contributed by atoms with Crippen molar-refractivity contribution < 1.29 is 14.3 Å². The maximum atomic E-state index is 12.1. The van der Waals surface area contributed by atoms with Crippen molar-refractivity contribution in [2.24, 2.45) is 4.99 Å². The van der Waals surface area contributed by atoms with E-state index in [1.807, 2.05) is 6.92 Å². The topological polar surface area (TPSA) is 75.7 Å². The van der Waals surface area contributed by atoms with E-state index < -0.39 is 0 Å². The first kappa shape index (κ1) is 13.9. The molecule has 0 aliphatic carbocycles. The number of aromatic amines is 1. The molecular formula is C15H19N3O3. The monoisotopic (exact) mass is 289 g/mol. The molecule has 0 saturated heterocycles. The molecule has 0 saturated carbocycles. The van der Waals surface area contributed by atoms with E-state index in [2.05, 4.69) is 21.4 Å². The van der Waals surface area contributed by atoms with Gasteiger partial charge in [-0.3, -0.25) is 4.99 Å². The van der Waals surface area contributed by atoms with Gasteiger partial charge in [-0.1, -0.05) is 6.08 Å². The molecule has 2 N–H and O–H groups in total. The second-order valence-corrected chi connectivity index (χ2v) is 5.04. The highest BCUT2D eigenvalue weighted by molar-refractivity contribution is 6.21. The number of nitrogens with zero attached hydrogens (tertiary/aromatic N) is 1. The Hall–Kier alpha value is -2.08. The van der Waals surface area contributed by atoms with Gasteiger partial charge in [-0.15, -0.1) is 0 Å². The summed E-state index contributed by atoms with van der Waals surface area (Å²) in [6.45, 7) is 5.37. The maximum absolute atomic E-state index is 12.1. The van der Waals surface area contributed by atoms with Gasteiger partial charge in [-0.2, -0.15) is 0 Å². The number of carbonyl (C=O) groups is 1. The SMILES string of the molecule is CCOC(=O)c1c[nH]c2c1C(C1=CCCOC1)=NC(C)N2. The van der Waals surface area contributed by atoms with Crippen LogP contribution in [0.5, 0.6) is 0 Å². The van der Waals surface area contributed by atoms with Gasteiger partial charge in [0.1, 0.15) is 12.0 Å². The van der Waals surface area contributed by atoms with E-state index in [-0.39, 0.29) is 12.1 Å². The second kappa shape index (κ2) is 5.73. The van der Waals surface area contributed by atoms with Gasteiger partial charge in [0.05, 0.1) is 36.7 Å². The number of H-pyrrole nitrogens is 1. The molecule has 6 nitrogen and oxygen atoms in total. The molecule has 2 aliphatic heterocycles.